The molecule has 2 aliphatic heterocycles. The van der Waals surface area contributed by atoms with Crippen LogP contribution in [0.1, 0.15) is 37.8 Å². The molecule has 2 fully saturated rings. The van der Waals surface area contributed by atoms with Crippen LogP contribution in [0.4, 0.5) is 23.1 Å². The number of hydrogen-bond acceptors (Lipinski definition) is 6. The van der Waals surface area contributed by atoms with Crippen molar-refractivity contribution in [3.63, 3.8) is 0 Å². The molecule has 1 atom stereocenters. The average Bonchev–Trinajstić information content (AvgIpc) is 3.21. The minimum atomic E-state index is 0.271. The Labute approximate surface area is 161 Å². The van der Waals surface area contributed by atoms with E-state index in [1.165, 1.54) is 24.9 Å². The number of ether oxygens (including phenoxy) is 1. The van der Waals surface area contributed by atoms with Crippen molar-refractivity contribution in [3.05, 3.63) is 36.0 Å². The fourth-order valence-electron chi connectivity index (χ4n) is 3.78. The third kappa shape index (κ3) is 4.89. The standard InChI is InChI=1S/C21H29N5O/c1-16-14-20(25-21(23-16)22-15-19-6-5-13-27-19)24-17-7-9-18(10-8-17)26-11-3-2-4-12-26/h7-10,14,19H,2-6,11-13,15H2,1H3,(H2,22,23,24,25). The third-order valence-corrected chi connectivity index (χ3v) is 5.23. The van der Waals surface area contributed by atoms with E-state index in [0.717, 1.165) is 56.3 Å². The molecule has 3 heterocycles. The molecule has 27 heavy (non-hydrogen) atoms. The second-order valence-electron chi connectivity index (χ2n) is 7.45. The Kier molecular flexibility index (Phi) is 5.72. The van der Waals surface area contributed by atoms with Gasteiger partial charge in [-0.2, -0.15) is 4.98 Å². The second-order valence-corrected chi connectivity index (χ2v) is 7.45. The first-order valence-electron chi connectivity index (χ1n) is 10.1. The van der Waals surface area contributed by atoms with E-state index in [1.807, 2.05) is 13.0 Å². The molecule has 0 saturated carbocycles. The maximum atomic E-state index is 5.65. The van der Waals surface area contributed by atoms with Gasteiger partial charge in [0, 0.05) is 49.4 Å². The zero-order valence-corrected chi connectivity index (χ0v) is 16.1. The van der Waals surface area contributed by atoms with Crippen LogP contribution in [0.5, 0.6) is 0 Å². The van der Waals surface area contributed by atoms with E-state index in [4.69, 9.17) is 4.74 Å². The Balaban J connectivity index is 1.39. The Bertz CT molecular complexity index is 737. The quantitative estimate of drug-likeness (QED) is 0.801. The molecule has 6 nitrogen and oxygen atoms in total. The van der Waals surface area contributed by atoms with E-state index < -0.39 is 0 Å². The van der Waals surface area contributed by atoms with Gasteiger partial charge in [0.15, 0.2) is 0 Å². The summed E-state index contributed by atoms with van der Waals surface area (Å²) in [4.78, 5) is 11.6. The number of nitrogens with zero attached hydrogens (tertiary/aromatic N) is 3. The Morgan fingerprint density at radius 2 is 1.89 bits per heavy atom. The molecule has 144 valence electrons. The van der Waals surface area contributed by atoms with Gasteiger partial charge in [-0.15, -0.1) is 0 Å². The largest absolute Gasteiger partial charge is 0.376 e. The summed E-state index contributed by atoms with van der Waals surface area (Å²) in [5.41, 5.74) is 3.28. The highest BCUT2D eigenvalue weighted by Gasteiger charge is 2.15. The van der Waals surface area contributed by atoms with Crippen LogP contribution < -0.4 is 15.5 Å². The predicted octanol–water partition coefficient (Wildman–Crippen LogP) is 4.11. The van der Waals surface area contributed by atoms with Crippen LogP contribution in [0.25, 0.3) is 0 Å². The van der Waals surface area contributed by atoms with Gasteiger partial charge in [0.05, 0.1) is 6.10 Å². The molecular formula is C21H29N5O. The van der Waals surface area contributed by atoms with Crippen molar-refractivity contribution in [3.8, 4) is 0 Å². The normalized spacial score (nSPS) is 19.9. The number of aromatic nitrogens is 2. The highest BCUT2D eigenvalue weighted by atomic mass is 16.5. The lowest BCUT2D eigenvalue weighted by molar-refractivity contribution is 0.120. The molecule has 2 aromatic rings. The summed E-state index contributed by atoms with van der Waals surface area (Å²) < 4.78 is 5.65. The molecule has 1 aromatic carbocycles. The molecule has 6 heteroatoms. The van der Waals surface area contributed by atoms with Gasteiger partial charge >= 0.3 is 0 Å². The van der Waals surface area contributed by atoms with Gasteiger partial charge in [-0.3, -0.25) is 0 Å². The monoisotopic (exact) mass is 367 g/mol. The van der Waals surface area contributed by atoms with Crippen LogP contribution in [0.3, 0.4) is 0 Å². The maximum absolute atomic E-state index is 5.65. The zero-order chi connectivity index (χ0) is 18.5. The van der Waals surface area contributed by atoms with Crippen LogP contribution in [0, 0.1) is 6.92 Å². The van der Waals surface area contributed by atoms with E-state index >= 15 is 0 Å². The first kappa shape index (κ1) is 18.0. The third-order valence-electron chi connectivity index (χ3n) is 5.23. The van der Waals surface area contributed by atoms with Crippen LogP contribution in [0.15, 0.2) is 30.3 Å². The van der Waals surface area contributed by atoms with Crippen LogP contribution in [0.2, 0.25) is 0 Å². The molecule has 4 rings (SSSR count). The van der Waals surface area contributed by atoms with Gasteiger partial charge < -0.3 is 20.3 Å². The zero-order valence-electron chi connectivity index (χ0n) is 16.1. The number of piperidine rings is 1. The van der Waals surface area contributed by atoms with E-state index in [-0.39, 0.29) is 6.10 Å². The molecule has 0 radical (unpaired) electrons. The Hall–Kier alpha value is -2.34. The lowest BCUT2D eigenvalue weighted by Gasteiger charge is -2.28. The lowest BCUT2D eigenvalue weighted by atomic mass is 10.1. The maximum Gasteiger partial charge on any atom is 0.224 e. The van der Waals surface area contributed by atoms with Crippen molar-refractivity contribution in [1.29, 1.82) is 0 Å². The highest BCUT2D eigenvalue weighted by molar-refractivity contribution is 5.61. The summed E-state index contributed by atoms with van der Waals surface area (Å²) in [7, 11) is 0. The summed E-state index contributed by atoms with van der Waals surface area (Å²) in [5, 5.41) is 6.71. The molecule has 2 saturated heterocycles. The molecular weight excluding hydrogens is 338 g/mol. The van der Waals surface area contributed by atoms with Crippen molar-refractivity contribution in [2.24, 2.45) is 0 Å². The summed E-state index contributed by atoms with van der Waals surface area (Å²) in [6, 6.07) is 10.6. The smallest absolute Gasteiger partial charge is 0.224 e. The topological polar surface area (TPSA) is 62.3 Å². The number of rotatable bonds is 6. The number of aryl methyl sites for hydroxylation is 1. The molecule has 1 unspecified atom stereocenters. The van der Waals surface area contributed by atoms with Crippen molar-refractivity contribution in [2.75, 3.05) is 41.8 Å². The van der Waals surface area contributed by atoms with Gasteiger partial charge in [-0.05, 0) is 63.3 Å². The number of nitrogens with one attached hydrogen (secondary N) is 2. The molecule has 2 aliphatic rings. The first-order valence-corrected chi connectivity index (χ1v) is 10.1. The summed E-state index contributed by atoms with van der Waals surface area (Å²) in [6.07, 6.45) is 6.46. The molecule has 2 N–H and O–H groups in total. The highest BCUT2D eigenvalue weighted by Crippen LogP contribution is 2.24. The van der Waals surface area contributed by atoms with E-state index in [2.05, 4.69) is 49.8 Å². The Morgan fingerprint density at radius 1 is 1.07 bits per heavy atom. The fourth-order valence-corrected chi connectivity index (χ4v) is 3.78. The van der Waals surface area contributed by atoms with Crippen LogP contribution >= 0.6 is 0 Å². The summed E-state index contributed by atoms with van der Waals surface area (Å²) in [6.45, 7) is 5.94. The van der Waals surface area contributed by atoms with Gasteiger partial charge in [-0.25, -0.2) is 4.98 Å². The molecule has 0 spiro atoms. The minimum absolute atomic E-state index is 0.271. The van der Waals surface area contributed by atoms with Crippen molar-refractivity contribution in [1.82, 2.24) is 9.97 Å². The van der Waals surface area contributed by atoms with Crippen LogP contribution in [-0.2, 0) is 4.74 Å². The summed E-state index contributed by atoms with van der Waals surface area (Å²) >= 11 is 0. The molecule has 0 amide bonds. The van der Waals surface area contributed by atoms with Gasteiger partial charge in [0.1, 0.15) is 5.82 Å². The number of hydrogen-bond donors (Lipinski definition) is 2. The van der Waals surface area contributed by atoms with Crippen LogP contribution in [-0.4, -0.2) is 42.3 Å². The number of anilines is 4. The van der Waals surface area contributed by atoms with Crippen molar-refractivity contribution < 1.29 is 4.74 Å². The fraction of sp³-hybridized carbons (Fsp3) is 0.524. The van der Waals surface area contributed by atoms with E-state index in [0.29, 0.717) is 5.95 Å². The molecule has 0 aliphatic carbocycles. The predicted molar refractivity (Wildman–Crippen MR) is 110 cm³/mol. The summed E-state index contributed by atoms with van der Waals surface area (Å²) in [5.74, 6) is 1.46. The van der Waals surface area contributed by atoms with Gasteiger partial charge in [-0.1, -0.05) is 0 Å². The van der Waals surface area contributed by atoms with Crippen molar-refractivity contribution in [2.45, 2.75) is 45.1 Å². The van der Waals surface area contributed by atoms with E-state index in [1.54, 1.807) is 0 Å². The lowest BCUT2D eigenvalue weighted by Crippen LogP contribution is -2.29. The second kappa shape index (κ2) is 8.57. The first-order chi connectivity index (χ1) is 13.3. The molecule has 0 bridgehead atoms. The Morgan fingerprint density at radius 3 is 2.63 bits per heavy atom. The minimum Gasteiger partial charge on any atom is -0.376 e. The van der Waals surface area contributed by atoms with E-state index in [9.17, 15) is 0 Å². The molecule has 1 aromatic heterocycles. The SMILES string of the molecule is Cc1cc(Nc2ccc(N3CCCCC3)cc2)nc(NCC2CCCO2)n1. The van der Waals surface area contributed by atoms with Crippen molar-refractivity contribution >= 4 is 23.1 Å². The average molecular weight is 367 g/mol. The number of benzene rings is 1. The van der Waals surface area contributed by atoms with Gasteiger partial charge in [0.25, 0.3) is 0 Å². The van der Waals surface area contributed by atoms with Gasteiger partial charge in [0.2, 0.25) is 5.95 Å².